The van der Waals surface area contributed by atoms with Crippen LogP contribution >= 0.6 is 0 Å². The van der Waals surface area contributed by atoms with Crippen molar-refractivity contribution in [2.75, 3.05) is 6.61 Å². The van der Waals surface area contributed by atoms with Gasteiger partial charge in [-0.25, -0.2) is 0 Å². The monoisotopic (exact) mass is 326 g/mol. The first kappa shape index (κ1) is 19.5. The van der Waals surface area contributed by atoms with Crippen molar-refractivity contribution in [2.24, 2.45) is 0 Å². The molecule has 4 heteroatoms. The number of hydrogen-bond acceptors (Lipinski definition) is 2. The van der Waals surface area contributed by atoms with Crippen LogP contribution in [0.1, 0.15) is 36.8 Å². The number of benzene rings is 2. The number of aliphatic hydroxyl groups excluding tert-OH is 1. The Kier molecular flexibility index (Phi) is 8.94. The Hall–Kier alpha value is -2.59. The minimum atomic E-state index is -0.0833. The van der Waals surface area contributed by atoms with E-state index in [-0.39, 0.29) is 12.5 Å². The van der Waals surface area contributed by atoms with E-state index in [1.165, 1.54) is 0 Å². The summed E-state index contributed by atoms with van der Waals surface area (Å²) in [5, 5.41) is 11.5. The molecule has 0 saturated heterocycles. The molecule has 4 nitrogen and oxygen atoms in total. The summed E-state index contributed by atoms with van der Waals surface area (Å²) in [6.45, 7) is 6.47. The van der Waals surface area contributed by atoms with Crippen molar-refractivity contribution in [2.45, 2.75) is 27.3 Å². The van der Waals surface area contributed by atoms with Gasteiger partial charge >= 0.3 is 0 Å². The number of amides is 1. The number of aliphatic hydroxyl groups is 1. The van der Waals surface area contributed by atoms with Crippen LogP contribution in [0.3, 0.4) is 0 Å². The fraction of sp³-hybridized carbons (Fsp3) is 0.250. The molecule has 0 unspecified atom stereocenters. The molecule has 1 amide bonds. The molecule has 128 valence electrons. The average molecular weight is 326 g/mol. The molecule has 3 rings (SSSR count). The predicted molar refractivity (Wildman–Crippen MR) is 100 cm³/mol. The SMILES string of the molecule is CC.CCO.O=C(NCc1ccccc1)c1cc2ccccc2[nH]1. The maximum Gasteiger partial charge on any atom is 0.267 e. The summed E-state index contributed by atoms with van der Waals surface area (Å²) in [7, 11) is 0. The van der Waals surface area contributed by atoms with Gasteiger partial charge in [-0.3, -0.25) is 4.79 Å². The Morgan fingerprint density at radius 2 is 1.62 bits per heavy atom. The smallest absolute Gasteiger partial charge is 0.267 e. The molecule has 0 bridgehead atoms. The van der Waals surface area contributed by atoms with Gasteiger partial charge in [0.2, 0.25) is 0 Å². The lowest BCUT2D eigenvalue weighted by Gasteiger charge is -2.03. The lowest BCUT2D eigenvalue weighted by molar-refractivity contribution is 0.0946. The van der Waals surface area contributed by atoms with Crippen molar-refractivity contribution in [3.63, 3.8) is 0 Å². The lowest BCUT2D eigenvalue weighted by Crippen LogP contribution is -2.22. The molecule has 24 heavy (non-hydrogen) atoms. The third-order valence-corrected chi connectivity index (χ3v) is 3.07. The van der Waals surface area contributed by atoms with E-state index < -0.39 is 0 Å². The van der Waals surface area contributed by atoms with Crippen molar-refractivity contribution < 1.29 is 9.90 Å². The van der Waals surface area contributed by atoms with Gasteiger partial charge in [0.05, 0.1) is 0 Å². The minimum Gasteiger partial charge on any atom is -0.397 e. The van der Waals surface area contributed by atoms with Gasteiger partial charge in [0.1, 0.15) is 5.69 Å². The number of fused-ring (bicyclic) bond motifs is 1. The van der Waals surface area contributed by atoms with Crippen LogP contribution in [-0.4, -0.2) is 22.6 Å². The maximum absolute atomic E-state index is 12.0. The second-order valence-electron chi connectivity index (χ2n) is 4.75. The van der Waals surface area contributed by atoms with Gasteiger partial charge in [0, 0.05) is 24.1 Å². The molecule has 0 fully saturated rings. The van der Waals surface area contributed by atoms with E-state index in [1.54, 1.807) is 6.92 Å². The average Bonchev–Trinajstić information content (AvgIpc) is 3.07. The fourth-order valence-corrected chi connectivity index (χ4v) is 2.07. The highest BCUT2D eigenvalue weighted by molar-refractivity contribution is 5.97. The second kappa shape index (κ2) is 11.0. The van der Waals surface area contributed by atoms with E-state index in [2.05, 4.69) is 10.3 Å². The first-order valence-corrected chi connectivity index (χ1v) is 8.25. The lowest BCUT2D eigenvalue weighted by atomic mass is 10.2. The summed E-state index contributed by atoms with van der Waals surface area (Å²) >= 11 is 0. The summed E-state index contributed by atoms with van der Waals surface area (Å²) < 4.78 is 0. The molecule has 0 aliphatic heterocycles. The number of carbonyl (C=O) groups excluding carboxylic acids is 1. The normalized spacial score (nSPS) is 9.33. The Bertz CT molecular complexity index is 688. The molecule has 0 atom stereocenters. The number of hydrogen-bond donors (Lipinski definition) is 3. The number of aromatic amines is 1. The third kappa shape index (κ3) is 5.89. The summed E-state index contributed by atoms with van der Waals surface area (Å²) in [5.74, 6) is -0.0833. The minimum absolute atomic E-state index is 0.0833. The van der Waals surface area contributed by atoms with Crippen LogP contribution in [0, 0.1) is 0 Å². The number of aromatic nitrogens is 1. The van der Waals surface area contributed by atoms with Gasteiger partial charge in [-0.2, -0.15) is 0 Å². The first-order valence-electron chi connectivity index (χ1n) is 8.25. The molecular formula is C20H26N2O2. The number of para-hydroxylation sites is 1. The summed E-state index contributed by atoms with van der Waals surface area (Å²) in [6.07, 6.45) is 0. The van der Waals surface area contributed by atoms with Crippen LogP contribution in [0.25, 0.3) is 10.9 Å². The number of nitrogens with one attached hydrogen (secondary N) is 2. The zero-order valence-electron chi connectivity index (χ0n) is 14.5. The molecule has 0 spiro atoms. The van der Waals surface area contributed by atoms with Crippen molar-refractivity contribution in [1.82, 2.24) is 10.3 Å². The fourth-order valence-electron chi connectivity index (χ4n) is 2.07. The van der Waals surface area contributed by atoms with Crippen LogP contribution in [0.2, 0.25) is 0 Å². The van der Waals surface area contributed by atoms with Crippen molar-refractivity contribution in [3.05, 3.63) is 71.9 Å². The van der Waals surface area contributed by atoms with Gasteiger partial charge in [0.15, 0.2) is 0 Å². The molecule has 0 saturated carbocycles. The summed E-state index contributed by atoms with van der Waals surface area (Å²) in [4.78, 5) is 15.2. The maximum atomic E-state index is 12.0. The highest BCUT2D eigenvalue weighted by atomic mass is 16.2. The molecular weight excluding hydrogens is 300 g/mol. The number of rotatable bonds is 3. The zero-order valence-corrected chi connectivity index (χ0v) is 14.5. The topological polar surface area (TPSA) is 65.1 Å². The van der Waals surface area contributed by atoms with E-state index >= 15 is 0 Å². The quantitative estimate of drug-likeness (QED) is 0.678. The standard InChI is InChI=1S/C16H14N2O.C2H6O.C2H6/c19-16(17-11-12-6-2-1-3-7-12)15-10-13-8-4-5-9-14(13)18-15;1-2-3;1-2/h1-10,18H,11H2,(H,17,19);3H,2H2,1H3;1-2H3. The van der Waals surface area contributed by atoms with E-state index in [0.717, 1.165) is 16.5 Å². The Balaban J connectivity index is 0.000000521. The molecule has 3 aromatic rings. The predicted octanol–water partition coefficient (Wildman–Crippen LogP) is 4.12. The molecule has 0 aliphatic carbocycles. The molecule has 0 aliphatic rings. The number of carbonyl (C=O) groups is 1. The van der Waals surface area contributed by atoms with Crippen LogP contribution in [0.5, 0.6) is 0 Å². The van der Waals surface area contributed by atoms with Gasteiger partial charge in [0.25, 0.3) is 5.91 Å². The van der Waals surface area contributed by atoms with Crippen LogP contribution in [-0.2, 0) is 6.54 Å². The van der Waals surface area contributed by atoms with Crippen molar-refractivity contribution in [3.8, 4) is 0 Å². The van der Waals surface area contributed by atoms with Crippen molar-refractivity contribution >= 4 is 16.8 Å². The van der Waals surface area contributed by atoms with Crippen molar-refractivity contribution in [1.29, 1.82) is 0 Å². The van der Waals surface area contributed by atoms with Crippen LogP contribution in [0.15, 0.2) is 60.7 Å². The van der Waals surface area contributed by atoms with Gasteiger partial charge < -0.3 is 15.4 Å². The second-order valence-corrected chi connectivity index (χ2v) is 4.75. The Morgan fingerprint density at radius 1 is 1.04 bits per heavy atom. The Labute approximate surface area is 143 Å². The number of H-pyrrole nitrogens is 1. The third-order valence-electron chi connectivity index (χ3n) is 3.07. The van der Waals surface area contributed by atoms with Gasteiger partial charge in [-0.1, -0.05) is 62.4 Å². The molecule has 0 radical (unpaired) electrons. The summed E-state index contributed by atoms with van der Waals surface area (Å²) in [6, 6.07) is 19.6. The zero-order chi connectivity index (χ0) is 17.8. The molecule has 2 aromatic carbocycles. The molecule has 1 aromatic heterocycles. The van der Waals surface area contributed by atoms with Gasteiger partial charge in [-0.15, -0.1) is 0 Å². The van der Waals surface area contributed by atoms with E-state index in [0.29, 0.717) is 12.2 Å². The van der Waals surface area contributed by atoms with E-state index in [9.17, 15) is 4.79 Å². The van der Waals surface area contributed by atoms with Crippen LogP contribution < -0.4 is 5.32 Å². The van der Waals surface area contributed by atoms with Gasteiger partial charge in [-0.05, 0) is 24.6 Å². The summed E-state index contributed by atoms with van der Waals surface area (Å²) in [5.41, 5.74) is 2.66. The largest absolute Gasteiger partial charge is 0.397 e. The molecule has 1 heterocycles. The highest BCUT2D eigenvalue weighted by Gasteiger charge is 2.08. The van der Waals surface area contributed by atoms with Crippen LogP contribution in [0.4, 0.5) is 0 Å². The molecule has 3 N–H and O–H groups in total. The van der Waals surface area contributed by atoms with E-state index in [1.807, 2.05) is 74.5 Å². The Morgan fingerprint density at radius 3 is 2.25 bits per heavy atom. The first-order chi connectivity index (χ1) is 11.7. The van der Waals surface area contributed by atoms with E-state index in [4.69, 9.17) is 5.11 Å². The highest BCUT2D eigenvalue weighted by Crippen LogP contribution is 2.14.